The van der Waals surface area contributed by atoms with Crippen molar-refractivity contribution in [2.75, 3.05) is 7.11 Å². The highest BCUT2D eigenvalue weighted by Crippen LogP contribution is 2.21. The lowest BCUT2D eigenvalue weighted by Gasteiger charge is -2.19. The lowest BCUT2D eigenvalue weighted by atomic mass is 9.87. The number of pyridine rings is 1. The van der Waals surface area contributed by atoms with Crippen LogP contribution in [0.4, 0.5) is 0 Å². The molecule has 15 heavy (non-hydrogen) atoms. The van der Waals surface area contributed by atoms with E-state index in [-0.39, 0.29) is 17.8 Å². The van der Waals surface area contributed by atoms with Gasteiger partial charge in [0.05, 0.1) is 19.2 Å². The Morgan fingerprint density at radius 3 is 2.67 bits per heavy atom. The van der Waals surface area contributed by atoms with Gasteiger partial charge in [0.15, 0.2) is 0 Å². The molecule has 0 saturated carbocycles. The highest BCUT2D eigenvalue weighted by atomic mass is 16.5. The second kappa shape index (κ2) is 4.43. The molecule has 1 aromatic heterocycles. The van der Waals surface area contributed by atoms with Crippen molar-refractivity contribution >= 4 is 5.97 Å². The predicted molar refractivity (Wildman–Crippen MR) is 58.7 cm³/mol. The molecule has 0 spiro atoms. The third-order valence-corrected chi connectivity index (χ3v) is 2.24. The van der Waals surface area contributed by atoms with Gasteiger partial charge in [-0.25, -0.2) is 0 Å². The van der Waals surface area contributed by atoms with Crippen molar-refractivity contribution in [2.24, 2.45) is 0 Å². The van der Waals surface area contributed by atoms with E-state index in [2.05, 4.69) is 30.5 Å². The molecule has 0 aliphatic heterocycles. The summed E-state index contributed by atoms with van der Waals surface area (Å²) in [4.78, 5) is 15.2. The lowest BCUT2D eigenvalue weighted by Crippen LogP contribution is -2.13. The van der Waals surface area contributed by atoms with Gasteiger partial charge >= 0.3 is 5.97 Å². The first kappa shape index (κ1) is 11.7. The van der Waals surface area contributed by atoms with Gasteiger partial charge in [-0.2, -0.15) is 0 Å². The van der Waals surface area contributed by atoms with Crippen LogP contribution in [-0.4, -0.2) is 18.1 Å². The van der Waals surface area contributed by atoms with Crippen LogP contribution in [0.15, 0.2) is 18.3 Å². The number of esters is 1. The second-order valence-electron chi connectivity index (χ2n) is 4.54. The van der Waals surface area contributed by atoms with E-state index in [4.69, 9.17) is 0 Å². The van der Waals surface area contributed by atoms with Crippen molar-refractivity contribution in [3.63, 3.8) is 0 Å². The number of aromatic nitrogens is 1. The minimum absolute atomic E-state index is 0.0772. The average Bonchev–Trinajstić information content (AvgIpc) is 2.17. The molecule has 0 amide bonds. The minimum atomic E-state index is -0.256. The van der Waals surface area contributed by atoms with E-state index >= 15 is 0 Å². The summed E-state index contributed by atoms with van der Waals surface area (Å²) < 4.78 is 4.60. The van der Waals surface area contributed by atoms with Crippen LogP contribution in [0, 0.1) is 0 Å². The molecule has 0 aliphatic rings. The van der Waals surface area contributed by atoms with Crippen molar-refractivity contribution in [2.45, 2.75) is 32.6 Å². The summed E-state index contributed by atoms with van der Waals surface area (Å²) in [5.41, 5.74) is 2.01. The molecule has 0 radical (unpaired) electrons. The van der Waals surface area contributed by atoms with Gasteiger partial charge in [-0.15, -0.1) is 0 Å². The Hall–Kier alpha value is -1.38. The number of nitrogens with zero attached hydrogens (tertiary/aromatic N) is 1. The summed E-state index contributed by atoms with van der Waals surface area (Å²) in [6, 6.07) is 3.93. The Labute approximate surface area is 90.5 Å². The second-order valence-corrected chi connectivity index (χ2v) is 4.54. The standard InChI is InChI=1S/C12H17NO2/c1-12(2,3)9-5-6-13-10(7-9)8-11(14)15-4/h5-7H,8H2,1-4H3. The summed E-state index contributed by atoms with van der Waals surface area (Å²) in [6.45, 7) is 6.39. The largest absolute Gasteiger partial charge is 0.469 e. The first-order valence-electron chi connectivity index (χ1n) is 4.95. The van der Waals surface area contributed by atoms with Crippen LogP contribution in [0.25, 0.3) is 0 Å². The quantitative estimate of drug-likeness (QED) is 0.697. The van der Waals surface area contributed by atoms with E-state index in [9.17, 15) is 4.79 Å². The molecule has 0 saturated heterocycles. The van der Waals surface area contributed by atoms with Crippen LogP contribution in [0.1, 0.15) is 32.0 Å². The van der Waals surface area contributed by atoms with E-state index in [1.165, 1.54) is 12.7 Å². The maximum atomic E-state index is 11.1. The Morgan fingerprint density at radius 2 is 2.13 bits per heavy atom. The zero-order chi connectivity index (χ0) is 11.5. The number of carbonyl (C=O) groups excluding carboxylic acids is 1. The van der Waals surface area contributed by atoms with Gasteiger partial charge < -0.3 is 4.74 Å². The molecule has 0 bridgehead atoms. The predicted octanol–water partition coefficient (Wildman–Crippen LogP) is 2.09. The fourth-order valence-electron chi connectivity index (χ4n) is 1.26. The molecular formula is C12H17NO2. The van der Waals surface area contributed by atoms with Crippen LogP contribution < -0.4 is 0 Å². The fourth-order valence-corrected chi connectivity index (χ4v) is 1.26. The number of hydrogen-bond acceptors (Lipinski definition) is 3. The smallest absolute Gasteiger partial charge is 0.311 e. The van der Waals surface area contributed by atoms with Gasteiger partial charge in [0.1, 0.15) is 0 Å². The molecule has 82 valence electrons. The van der Waals surface area contributed by atoms with Gasteiger partial charge in [0.25, 0.3) is 0 Å². The van der Waals surface area contributed by atoms with Crippen LogP contribution >= 0.6 is 0 Å². The summed E-state index contributed by atoms with van der Waals surface area (Å²) in [5.74, 6) is -0.256. The molecule has 0 unspecified atom stereocenters. The van der Waals surface area contributed by atoms with Gasteiger partial charge in [-0.1, -0.05) is 20.8 Å². The van der Waals surface area contributed by atoms with Crippen molar-refractivity contribution in [1.82, 2.24) is 4.98 Å². The van der Waals surface area contributed by atoms with Crippen LogP contribution in [0.2, 0.25) is 0 Å². The number of rotatable bonds is 2. The SMILES string of the molecule is COC(=O)Cc1cc(C(C)(C)C)ccn1. The van der Waals surface area contributed by atoms with E-state index in [0.29, 0.717) is 0 Å². The Balaban J connectivity index is 2.88. The third kappa shape index (κ3) is 3.35. The summed E-state index contributed by atoms with van der Waals surface area (Å²) in [5, 5.41) is 0. The van der Waals surface area contributed by atoms with E-state index in [0.717, 1.165) is 5.69 Å². The maximum absolute atomic E-state index is 11.1. The maximum Gasteiger partial charge on any atom is 0.311 e. The van der Waals surface area contributed by atoms with Crippen molar-refractivity contribution in [1.29, 1.82) is 0 Å². The van der Waals surface area contributed by atoms with Crippen LogP contribution in [0.5, 0.6) is 0 Å². The van der Waals surface area contributed by atoms with Crippen molar-refractivity contribution in [3.05, 3.63) is 29.6 Å². The van der Waals surface area contributed by atoms with Crippen molar-refractivity contribution < 1.29 is 9.53 Å². The number of hydrogen-bond donors (Lipinski definition) is 0. The molecule has 0 atom stereocenters. The Morgan fingerprint density at radius 1 is 1.47 bits per heavy atom. The van der Waals surface area contributed by atoms with Gasteiger partial charge in [0.2, 0.25) is 0 Å². The van der Waals surface area contributed by atoms with Gasteiger partial charge in [0, 0.05) is 6.20 Å². The summed E-state index contributed by atoms with van der Waals surface area (Å²) in [6.07, 6.45) is 1.97. The average molecular weight is 207 g/mol. The number of methoxy groups -OCH3 is 1. The highest BCUT2D eigenvalue weighted by Gasteiger charge is 2.14. The van der Waals surface area contributed by atoms with E-state index in [1.807, 2.05) is 12.1 Å². The van der Waals surface area contributed by atoms with Gasteiger partial charge in [-0.05, 0) is 23.1 Å². The van der Waals surface area contributed by atoms with E-state index < -0.39 is 0 Å². The molecule has 3 nitrogen and oxygen atoms in total. The first-order chi connectivity index (χ1) is 6.93. The molecule has 3 heteroatoms. The molecule has 1 heterocycles. The lowest BCUT2D eigenvalue weighted by molar-refractivity contribution is -0.139. The topological polar surface area (TPSA) is 39.2 Å². The first-order valence-corrected chi connectivity index (χ1v) is 4.95. The summed E-state index contributed by atoms with van der Waals surface area (Å²) >= 11 is 0. The number of ether oxygens (including phenoxy) is 1. The molecule has 0 fully saturated rings. The molecule has 0 aromatic carbocycles. The van der Waals surface area contributed by atoms with Crippen molar-refractivity contribution in [3.8, 4) is 0 Å². The zero-order valence-corrected chi connectivity index (χ0v) is 9.70. The molecule has 1 rings (SSSR count). The Kier molecular flexibility index (Phi) is 3.45. The molecule has 0 N–H and O–H groups in total. The summed E-state index contributed by atoms with van der Waals surface area (Å²) in [7, 11) is 1.38. The Bertz CT molecular complexity index is 353. The fraction of sp³-hybridized carbons (Fsp3) is 0.500. The molecule has 1 aromatic rings. The monoisotopic (exact) mass is 207 g/mol. The zero-order valence-electron chi connectivity index (χ0n) is 9.70. The molecule has 0 aliphatic carbocycles. The minimum Gasteiger partial charge on any atom is -0.469 e. The molecular weight excluding hydrogens is 190 g/mol. The third-order valence-electron chi connectivity index (χ3n) is 2.24. The normalized spacial score (nSPS) is 11.2. The van der Waals surface area contributed by atoms with Crippen LogP contribution in [-0.2, 0) is 21.4 Å². The van der Waals surface area contributed by atoms with E-state index in [1.54, 1.807) is 6.20 Å². The van der Waals surface area contributed by atoms with Gasteiger partial charge in [-0.3, -0.25) is 9.78 Å². The number of carbonyl (C=O) groups is 1. The van der Waals surface area contributed by atoms with Crippen LogP contribution in [0.3, 0.4) is 0 Å². The highest BCUT2D eigenvalue weighted by molar-refractivity contribution is 5.71.